The number of hydrogen-bond acceptors (Lipinski definition) is 2. The summed E-state index contributed by atoms with van der Waals surface area (Å²) < 4.78 is 0. The fourth-order valence-corrected chi connectivity index (χ4v) is 3.56. The molecule has 0 aromatic heterocycles. The number of benzene rings is 1. The van der Waals surface area contributed by atoms with Crippen LogP contribution < -0.4 is 5.32 Å². The van der Waals surface area contributed by atoms with Gasteiger partial charge in [0, 0.05) is 34.5 Å². The number of rotatable bonds is 3. The largest absolute Gasteiger partial charge is 0.310 e. The number of nitrogens with one attached hydrogen (secondary N) is 1. The van der Waals surface area contributed by atoms with E-state index in [-0.39, 0.29) is 5.92 Å². The molecule has 1 N–H and O–H groups in total. The summed E-state index contributed by atoms with van der Waals surface area (Å²) in [4.78, 5) is 12.3. The minimum absolute atomic E-state index is 0.166. The van der Waals surface area contributed by atoms with Crippen molar-refractivity contribution in [1.82, 2.24) is 5.32 Å². The average molecular weight is 284 g/mol. The van der Waals surface area contributed by atoms with E-state index >= 15 is 0 Å². The smallest absolute Gasteiger partial charge is 0.142 e. The first-order valence-corrected chi connectivity index (χ1v) is 7.12. The Labute approximate surface area is 117 Å². The summed E-state index contributed by atoms with van der Waals surface area (Å²) in [5.41, 5.74) is 0.844. The second-order valence-corrected chi connectivity index (χ2v) is 6.11. The molecular weight excluding hydrogens is 269 g/mol. The predicted molar refractivity (Wildman–Crippen MR) is 73.2 cm³/mol. The van der Waals surface area contributed by atoms with Gasteiger partial charge in [-0.25, -0.2) is 0 Å². The molecule has 2 heterocycles. The quantitative estimate of drug-likeness (QED) is 0.923. The molecule has 0 amide bonds. The molecule has 3 unspecified atom stereocenters. The van der Waals surface area contributed by atoms with Crippen LogP contribution in [0.5, 0.6) is 0 Å². The summed E-state index contributed by atoms with van der Waals surface area (Å²) in [6.07, 6.45) is 3.73. The number of fused-ring (bicyclic) bond motifs is 2. The number of halogens is 2. The minimum atomic E-state index is 0.166. The van der Waals surface area contributed by atoms with Gasteiger partial charge in [-0.2, -0.15) is 0 Å². The van der Waals surface area contributed by atoms with Crippen LogP contribution in [0.3, 0.4) is 0 Å². The molecule has 1 aromatic rings. The molecule has 4 heteroatoms. The third kappa shape index (κ3) is 2.29. The molecule has 2 fully saturated rings. The molecule has 1 aromatic carbocycles. The molecule has 18 heavy (non-hydrogen) atoms. The van der Waals surface area contributed by atoms with Crippen LogP contribution in [0.4, 0.5) is 0 Å². The number of ketones is 1. The highest BCUT2D eigenvalue weighted by atomic mass is 35.5. The molecule has 96 valence electrons. The average Bonchev–Trinajstić information content (AvgIpc) is 2.96. The van der Waals surface area contributed by atoms with Crippen molar-refractivity contribution in [2.24, 2.45) is 5.92 Å². The van der Waals surface area contributed by atoms with E-state index < -0.39 is 0 Å². The number of hydrogen-bond donors (Lipinski definition) is 1. The van der Waals surface area contributed by atoms with Gasteiger partial charge in [0.1, 0.15) is 5.78 Å². The zero-order chi connectivity index (χ0) is 12.7. The Morgan fingerprint density at radius 1 is 1.33 bits per heavy atom. The van der Waals surface area contributed by atoms with Gasteiger partial charge < -0.3 is 5.32 Å². The lowest BCUT2D eigenvalue weighted by Crippen LogP contribution is -2.29. The fraction of sp³-hybridized carbons (Fsp3) is 0.500. The van der Waals surface area contributed by atoms with Crippen molar-refractivity contribution in [2.75, 3.05) is 0 Å². The number of carbonyl (C=O) groups excluding carboxylic acids is 1. The second kappa shape index (κ2) is 4.84. The van der Waals surface area contributed by atoms with Gasteiger partial charge in [-0.15, -0.1) is 0 Å². The van der Waals surface area contributed by atoms with E-state index in [9.17, 15) is 4.79 Å². The first-order valence-electron chi connectivity index (χ1n) is 6.36. The number of Topliss-reactive ketones (excluding diaryl/α,β-unsaturated/α-hetero) is 1. The standard InChI is InChI=1S/C14H15Cl2NO/c15-9-1-3-12(16)8(5-9)6-14(18)11-7-10-2-4-13(11)17-10/h1,3,5,10-11,13,17H,2,4,6-7H2. The summed E-state index contributed by atoms with van der Waals surface area (Å²) in [6, 6.07) is 6.24. The van der Waals surface area contributed by atoms with Gasteiger partial charge in [0.05, 0.1) is 0 Å². The van der Waals surface area contributed by atoms with E-state index in [0.29, 0.717) is 34.3 Å². The van der Waals surface area contributed by atoms with Gasteiger partial charge in [0.25, 0.3) is 0 Å². The van der Waals surface area contributed by atoms with Crippen LogP contribution in [0.15, 0.2) is 18.2 Å². The zero-order valence-electron chi connectivity index (χ0n) is 9.96. The number of carbonyl (C=O) groups is 1. The Balaban J connectivity index is 1.72. The molecule has 0 radical (unpaired) electrons. The van der Waals surface area contributed by atoms with Crippen molar-refractivity contribution in [3.8, 4) is 0 Å². The Hall–Kier alpha value is -0.570. The molecule has 0 spiro atoms. The Bertz CT molecular complexity index is 489. The minimum Gasteiger partial charge on any atom is -0.310 e. The van der Waals surface area contributed by atoms with Gasteiger partial charge in [0.2, 0.25) is 0 Å². The fourth-order valence-electron chi connectivity index (χ4n) is 3.18. The highest BCUT2D eigenvalue weighted by Crippen LogP contribution is 2.35. The second-order valence-electron chi connectivity index (χ2n) is 5.27. The lowest BCUT2D eigenvalue weighted by Gasteiger charge is -2.19. The highest BCUT2D eigenvalue weighted by Gasteiger charge is 2.42. The van der Waals surface area contributed by atoms with Gasteiger partial charge in [-0.1, -0.05) is 23.2 Å². The summed E-state index contributed by atoms with van der Waals surface area (Å²) in [5.74, 6) is 0.456. The van der Waals surface area contributed by atoms with Crippen LogP contribution in [0.25, 0.3) is 0 Å². The van der Waals surface area contributed by atoms with E-state index in [1.165, 1.54) is 6.42 Å². The monoisotopic (exact) mass is 283 g/mol. The van der Waals surface area contributed by atoms with E-state index in [1.807, 2.05) is 0 Å². The van der Waals surface area contributed by atoms with Crippen molar-refractivity contribution in [1.29, 1.82) is 0 Å². The Morgan fingerprint density at radius 3 is 2.83 bits per heavy atom. The van der Waals surface area contributed by atoms with E-state index in [1.54, 1.807) is 18.2 Å². The molecule has 2 nitrogen and oxygen atoms in total. The van der Waals surface area contributed by atoms with Crippen molar-refractivity contribution >= 4 is 29.0 Å². The van der Waals surface area contributed by atoms with Gasteiger partial charge in [0.15, 0.2) is 0 Å². The van der Waals surface area contributed by atoms with Crippen LogP contribution in [-0.4, -0.2) is 17.9 Å². The van der Waals surface area contributed by atoms with Crippen molar-refractivity contribution in [2.45, 2.75) is 37.8 Å². The van der Waals surface area contributed by atoms with Crippen molar-refractivity contribution in [3.05, 3.63) is 33.8 Å². The van der Waals surface area contributed by atoms with Crippen molar-refractivity contribution < 1.29 is 4.79 Å². The summed E-state index contributed by atoms with van der Waals surface area (Å²) in [6.45, 7) is 0. The molecule has 0 aliphatic carbocycles. The topological polar surface area (TPSA) is 29.1 Å². The molecule has 3 atom stereocenters. The maximum absolute atomic E-state index is 12.3. The van der Waals surface area contributed by atoms with Crippen molar-refractivity contribution in [3.63, 3.8) is 0 Å². The van der Waals surface area contributed by atoms with Crippen LogP contribution in [-0.2, 0) is 11.2 Å². The van der Waals surface area contributed by atoms with Gasteiger partial charge in [-0.3, -0.25) is 4.79 Å². The molecule has 2 aliphatic rings. The third-order valence-corrected chi connectivity index (χ3v) is 4.69. The SMILES string of the molecule is O=C(Cc1cc(Cl)ccc1Cl)C1CC2CCC1N2. The predicted octanol–water partition coefficient (Wildman–Crippen LogP) is 3.25. The summed E-state index contributed by atoms with van der Waals surface area (Å²) in [7, 11) is 0. The molecule has 2 aliphatic heterocycles. The highest BCUT2D eigenvalue weighted by molar-refractivity contribution is 6.33. The third-order valence-electron chi connectivity index (χ3n) is 4.09. The maximum atomic E-state index is 12.3. The maximum Gasteiger partial charge on any atom is 0.142 e. The Morgan fingerprint density at radius 2 is 2.17 bits per heavy atom. The van der Waals surface area contributed by atoms with Crippen LogP contribution in [0, 0.1) is 5.92 Å². The van der Waals surface area contributed by atoms with Gasteiger partial charge >= 0.3 is 0 Å². The molecule has 0 saturated carbocycles. The lowest BCUT2D eigenvalue weighted by molar-refractivity contribution is -0.122. The molecule has 2 bridgehead atoms. The molecular formula is C14H15Cl2NO. The van der Waals surface area contributed by atoms with Crippen LogP contribution in [0.1, 0.15) is 24.8 Å². The first-order chi connectivity index (χ1) is 8.63. The molecule has 3 rings (SSSR count). The van der Waals surface area contributed by atoms with Crippen LogP contribution in [0.2, 0.25) is 10.0 Å². The summed E-state index contributed by atoms with van der Waals surface area (Å²) >= 11 is 12.0. The van der Waals surface area contributed by atoms with E-state index in [4.69, 9.17) is 23.2 Å². The van der Waals surface area contributed by atoms with Crippen LogP contribution >= 0.6 is 23.2 Å². The van der Waals surface area contributed by atoms with E-state index in [0.717, 1.165) is 18.4 Å². The Kier molecular flexibility index (Phi) is 3.35. The zero-order valence-corrected chi connectivity index (χ0v) is 11.5. The van der Waals surface area contributed by atoms with Gasteiger partial charge in [-0.05, 0) is 43.0 Å². The normalized spacial score (nSPS) is 29.8. The molecule has 2 saturated heterocycles. The first kappa shape index (κ1) is 12.5. The van der Waals surface area contributed by atoms with E-state index in [2.05, 4.69) is 5.32 Å². The summed E-state index contributed by atoms with van der Waals surface area (Å²) in [5, 5.41) is 4.75. The lowest BCUT2D eigenvalue weighted by atomic mass is 9.84.